The summed E-state index contributed by atoms with van der Waals surface area (Å²) < 4.78 is 5.28. The number of rotatable bonds is 6. The van der Waals surface area contributed by atoms with E-state index in [9.17, 15) is 4.79 Å². The lowest BCUT2D eigenvalue weighted by molar-refractivity contribution is 0.237. The fourth-order valence-electron chi connectivity index (χ4n) is 2.89. The van der Waals surface area contributed by atoms with E-state index in [-0.39, 0.29) is 12.1 Å². The second-order valence-corrected chi connectivity index (χ2v) is 6.23. The lowest BCUT2D eigenvalue weighted by Gasteiger charge is -2.16. The minimum Gasteiger partial charge on any atom is -0.469 e. The predicted molar refractivity (Wildman–Crippen MR) is 92.9 cm³/mol. The molecule has 3 rings (SSSR count). The molecule has 6 nitrogen and oxygen atoms in total. The standard InChI is InChI=1S/C18H24N4O2/c1-14(11-16-5-4-10-24-16)21-18(23)20-13-15-6-7-17(19-12-15)22-8-2-3-9-22/h4-7,10,12,14H,2-3,8-9,11,13H2,1H3,(H2,20,21,23)/t14-/m0/s1. The average Bonchev–Trinajstić information content (AvgIpc) is 3.27. The number of nitrogens with one attached hydrogen (secondary N) is 2. The third kappa shape index (κ3) is 4.50. The van der Waals surface area contributed by atoms with E-state index < -0.39 is 0 Å². The van der Waals surface area contributed by atoms with E-state index in [1.165, 1.54) is 12.8 Å². The van der Waals surface area contributed by atoms with Gasteiger partial charge in [-0.2, -0.15) is 0 Å². The Morgan fingerprint density at radius 1 is 1.33 bits per heavy atom. The van der Waals surface area contributed by atoms with Crippen LogP contribution in [-0.2, 0) is 13.0 Å². The Labute approximate surface area is 142 Å². The summed E-state index contributed by atoms with van der Waals surface area (Å²) >= 11 is 0. The van der Waals surface area contributed by atoms with Crippen LogP contribution in [0.2, 0.25) is 0 Å². The van der Waals surface area contributed by atoms with Crippen LogP contribution >= 0.6 is 0 Å². The number of anilines is 1. The number of carbonyl (C=O) groups is 1. The number of hydrogen-bond acceptors (Lipinski definition) is 4. The van der Waals surface area contributed by atoms with E-state index in [0.717, 1.165) is 30.2 Å². The number of urea groups is 1. The van der Waals surface area contributed by atoms with Crippen molar-refractivity contribution in [3.63, 3.8) is 0 Å². The molecule has 0 aliphatic carbocycles. The Morgan fingerprint density at radius 2 is 2.17 bits per heavy atom. The molecule has 128 valence electrons. The Hall–Kier alpha value is -2.50. The normalized spacial score (nSPS) is 15.3. The van der Waals surface area contributed by atoms with Gasteiger partial charge >= 0.3 is 6.03 Å². The third-order valence-electron chi connectivity index (χ3n) is 4.16. The van der Waals surface area contributed by atoms with Crippen molar-refractivity contribution in [1.29, 1.82) is 0 Å². The van der Waals surface area contributed by atoms with Gasteiger partial charge in [-0.3, -0.25) is 0 Å². The molecule has 1 aliphatic heterocycles. The van der Waals surface area contributed by atoms with Gasteiger partial charge in [0.15, 0.2) is 0 Å². The molecule has 1 fully saturated rings. The summed E-state index contributed by atoms with van der Waals surface area (Å²) in [6.45, 7) is 4.59. The molecule has 0 bridgehead atoms. The van der Waals surface area contributed by atoms with Crippen molar-refractivity contribution in [3.8, 4) is 0 Å². The van der Waals surface area contributed by atoms with Crippen LogP contribution in [-0.4, -0.2) is 30.1 Å². The van der Waals surface area contributed by atoms with Crippen molar-refractivity contribution < 1.29 is 9.21 Å². The molecule has 2 aromatic heterocycles. The first-order valence-corrected chi connectivity index (χ1v) is 8.47. The summed E-state index contributed by atoms with van der Waals surface area (Å²) in [6.07, 6.45) is 6.62. The van der Waals surface area contributed by atoms with Gasteiger partial charge in [0.2, 0.25) is 0 Å². The smallest absolute Gasteiger partial charge is 0.315 e. The quantitative estimate of drug-likeness (QED) is 0.855. The molecule has 0 unspecified atom stereocenters. The molecule has 3 heterocycles. The van der Waals surface area contributed by atoms with Crippen LogP contribution in [0.25, 0.3) is 0 Å². The zero-order valence-corrected chi connectivity index (χ0v) is 14.0. The number of nitrogens with zero attached hydrogens (tertiary/aromatic N) is 2. The first-order chi connectivity index (χ1) is 11.7. The maximum absolute atomic E-state index is 11.9. The van der Waals surface area contributed by atoms with Crippen LogP contribution in [0.1, 0.15) is 31.1 Å². The molecule has 0 spiro atoms. The molecule has 2 N–H and O–H groups in total. The zero-order chi connectivity index (χ0) is 16.8. The van der Waals surface area contributed by atoms with Crippen molar-refractivity contribution in [2.45, 2.75) is 38.8 Å². The van der Waals surface area contributed by atoms with Crippen molar-refractivity contribution in [1.82, 2.24) is 15.6 Å². The van der Waals surface area contributed by atoms with Gasteiger partial charge in [-0.25, -0.2) is 9.78 Å². The Bertz CT molecular complexity index is 634. The highest BCUT2D eigenvalue weighted by molar-refractivity contribution is 5.74. The average molecular weight is 328 g/mol. The molecule has 1 saturated heterocycles. The number of carbonyl (C=O) groups excluding carboxylic acids is 1. The predicted octanol–water partition coefficient (Wildman–Crippen LogP) is 2.71. The monoisotopic (exact) mass is 328 g/mol. The van der Waals surface area contributed by atoms with Crippen molar-refractivity contribution in [2.24, 2.45) is 0 Å². The number of hydrogen-bond donors (Lipinski definition) is 2. The van der Waals surface area contributed by atoms with Gasteiger partial charge in [0, 0.05) is 38.3 Å². The summed E-state index contributed by atoms with van der Waals surface area (Å²) in [6, 6.07) is 7.63. The molecule has 0 radical (unpaired) electrons. The number of amides is 2. The van der Waals surface area contributed by atoms with E-state index in [4.69, 9.17) is 4.42 Å². The van der Waals surface area contributed by atoms with Gasteiger partial charge in [0.1, 0.15) is 11.6 Å². The van der Waals surface area contributed by atoms with Crippen LogP contribution < -0.4 is 15.5 Å². The summed E-state index contributed by atoms with van der Waals surface area (Å²) in [5, 5.41) is 5.77. The molecular formula is C18H24N4O2. The van der Waals surface area contributed by atoms with Crippen molar-refractivity contribution >= 4 is 11.8 Å². The molecule has 0 saturated carbocycles. The number of furan rings is 1. The van der Waals surface area contributed by atoms with E-state index >= 15 is 0 Å². The van der Waals surface area contributed by atoms with E-state index in [0.29, 0.717) is 13.0 Å². The summed E-state index contributed by atoms with van der Waals surface area (Å²) in [7, 11) is 0. The second-order valence-electron chi connectivity index (χ2n) is 6.23. The summed E-state index contributed by atoms with van der Waals surface area (Å²) in [5.74, 6) is 1.89. The Kier molecular flexibility index (Phi) is 5.36. The molecule has 6 heteroatoms. The first kappa shape index (κ1) is 16.4. The maximum Gasteiger partial charge on any atom is 0.315 e. The van der Waals surface area contributed by atoms with Gasteiger partial charge in [0.25, 0.3) is 0 Å². The van der Waals surface area contributed by atoms with Gasteiger partial charge in [-0.05, 0) is 43.5 Å². The minimum absolute atomic E-state index is 0.00631. The van der Waals surface area contributed by atoms with Gasteiger partial charge in [-0.15, -0.1) is 0 Å². The Morgan fingerprint density at radius 3 is 2.83 bits per heavy atom. The van der Waals surface area contributed by atoms with E-state index in [1.54, 1.807) is 6.26 Å². The second kappa shape index (κ2) is 7.86. The highest BCUT2D eigenvalue weighted by Gasteiger charge is 2.13. The third-order valence-corrected chi connectivity index (χ3v) is 4.16. The fraction of sp³-hybridized carbons (Fsp3) is 0.444. The number of aromatic nitrogens is 1. The molecule has 1 aliphatic rings. The SMILES string of the molecule is C[C@@H](Cc1ccco1)NC(=O)NCc1ccc(N2CCCC2)nc1. The Balaban J connectivity index is 1.42. The van der Waals surface area contributed by atoms with Gasteiger partial charge < -0.3 is 20.0 Å². The lowest BCUT2D eigenvalue weighted by atomic mass is 10.2. The van der Waals surface area contributed by atoms with Crippen LogP contribution in [0.5, 0.6) is 0 Å². The van der Waals surface area contributed by atoms with Crippen LogP contribution in [0.4, 0.5) is 10.6 Å². The highest BCUT2D eigenvalue weighted by atomic mass is 16.3. The molecule has 2 amide bonds. The summed E-state index contributed by atoms with van der Waals surface area (Å²) in [4.78, 5) is 18.7. The first-order valence-electron chi connectivity index (χ1n) is 8.47. The van der Waals surface area contributed by atoms with Crippen LogP contribution in [0.3, 0.4) is 0 Å². The van der Waals surface area contributed by atoms with Crippen molar-refractivity contribution in [3.05, 3.63) is 48.0 Å². The molecule has 0 aromatic carbocycles. The van der Waals surface area contributed by atoms with Gasteiger partial charge in [0.05, 0.1) is 6.26 Å². The van der Waals surface area contributed by atoms with Gasteiger partial charge in [-0.1, -0.05) is 6.07 Å². The molecule has 24 heavy (non-hydrogen) atoms. The lowest BCUT2D eigenvalue weighted by Crippen LogP contribution is -2.41. The largest absolute Gasteiger partial charge is 0.469 e. The van der Waals surface area contributed by atoms with Crippen LogP contribution in [0.15, 0.2) is 41.1 Å². The summed E-state index contributed by atoms with van der Waals surface area (Å²) in [5.41, 5.74) is 0.992. The van der Waals surface area contributed by atoms with Crippen molar-refractivity contribution in [2.75, 3.05) is 18.0 Å². The maximum atomic E-state index is 11.9. The highest BCUT2D eigenvalue weighted by Crippen LogP contribution is 2.17. The molecule has 1 atom stereocenters. The zero-order valence-electron chi connectivity index (χ0n) is 14.0. The van der Waals surface area contributed by atoms with E-state index in [2.05, 4.69) is 20.5 Å². The number of pyridine rings is 1. The van der Waals surface area contributed by atoms with E-state index in [1.807, 2.05) is 37.4 Å². The minimum atomic E-state index is -0.183. The van der Waals surface area contributed by atoms with Crippen LogP contribution in [0, 0.1) is 0 Å². The topological polar surface area (TPSA) is 70.4 Å². The molecule has 2 aromatic rings. The fourth-order valence-corrected chi connectivity index (χ4v) is 2.89. The molecular weight excluding hydrogens is 304 g/mol.